The summed E-state index contributed by atoms with van der Waals surface area (Å²) in [7, 11) is 1.67. The monoisotopic (exact) mass is 236 g/mol. The van der Waals surface area contributed by atoms with Crippen LogP contribution in [0.3, 0.4) is 0 Å². The SMILES string of the molecule is COCCCCNC(=O)[C@@H](N)c1ccccc1. The van der Waals surface area contributed by atoms with E-state index in [0.29, 0.717) is 6.54 Å². The van der Waals surface area contributed by atoms with Crippen molar-refractivity contribution < 1.29 is 9.53 Å². The van der Waals surface area contributed by atoms with Gasteiger partial charge >= 0.3 is 0 Å². The van der Waals surface area contributed by atoms with Crippen LogP contribution >= 0.6 is 0 Å². The van der Waals surface area contributed by atoms with E-state index < -0.39 is 6.04 Å². The number of nitrogens with two attached hydrogens (primary N) is 1. The Bertz CT molecular complexity index is 327. The second-order valence-corrected chi connectivity index (χ2v) is 3.88. The number of nitrogens with one attached hydrogen (secondary N) is 1. The zero-order valence-electron chi connectivity index (χ0n) is 10.2. The Hall–Kier alpha value is -1.39. The predicted octanol–water partition coefficient (Wildman–Crippen LogP) is 1.23. The molecule has 0 saturated heterocycles. The summed E-state index contributed by atoms with van der Waals surface area (Å²) < 4.78 is 4.93. The quantitative estimate of drug-likeness (QED) is 0.700. The molecule has 3 N–H and O–H groups in total. The van der Waals surface area contributed by atoms with Crippen LogP contribution in [-0.4, -0.2) is 26.2 Å². The molecule has 1 aromatic carbocycles. The van der Waals surface area contributed by atoms with Gasteiger partial charge in [-0.3, -0.25) is 4.79 Å². The molecule has 0 aliphatic heterocycles. The molecule has 0 radical (unpaired) electrons. The lowest BCUT2D eigenvalue weighted by atomic mass is 10.1. The minimum atomic E-state index is -0.585. The van der Waals surface area contributed by atoms with Gasteiger partial charge in [-0.15, -0.1) is 0 Å². The van der Waals surface area contributed by atoms with Crippen molar-refractivity contribution in [2.75, 3.05) is 20.3 Å². The van der Waals surface area contributed by atoms with Crippen LogP contribution in [0, 0.1) is 0 Å². The van der Waals surface area contributed by atoms with Crippen molar-refractivity contribution in [2.45, 2.75) is 18.9 Å². The molecule has 0 aromatic heterocycles. The van der Waals surface area contributed by atoms with Crippen molar-refractivity contribution in [3.05, 3.63) is 35.9 Å². The lowest BCUT2D eigenvalue weighted by Crippen LogP contribution is -2.34. The lowest BCUT2D eigenvalue weighted by molar-refractivity contribution is -0.122. The van der Waals surface area contributed by atoms with Crippen LogP contribution in [0.15, 0.2) is 30.3 Å². The normalized spacial score (nSPS) is 12.1. The van der Waals surface area contributed by atoms with Crippen molar-refractivity contribution in [3.8, 4) is 0 Å². The molecule has 0 unspecified atom stereocenters. The van der Waals surface area contributed by atoms with Crippen LogP contribution in [0.4, 0.5) is 0 Å². The van der Waals surface area contributed by atoms with E-state index in [2.05, 4.69) is 5.32 Å². The van der Waals surface area contributed by atoms with E-state index in [1.54, 1.807) is 7.11 Å². The molecule has 0 fully saturated rings. The van der Waals surface area contributed by atoms with Gasteiger partial charge in [-0.1, -0.05) is 30.3 Å². The number of hydrogen-bond donors (Lipinski definition) is 2. The molecule has 0 aliphatic rings. The molecule has 4 heteroatoms. The summed E-state index contributed by atoms with van der Waals surface area (Å²) in [5.74, 6) is -0.131. The van der Waals surface area contributed by atoms with E-state index in [4.69, 9.17) is 10.5 Å². The highest BCUT2D eigenvalue weighted by Gasteiger charge is 2.14. The molecule has 17 heavy (non-hydrogen) atoms. The number of carbonyl (C=O) groups is 1. The summed E-state index contributed by atoms with van der Waals surface area (Å²) >= 11 is 0. The highest BCUT2D eigenvalue weighted by molar-refractivity contribution is 5.82. The maximum absolute atomic E-state index is 11.7. The van der Waals surface area contributed by atoms with Crippen LogP contribution in [0.25, 0.3) is 0 Å². The first kappa shape index (κ1) is 13.7. The number of hydrogen-bond acceptors (Lipinski definition) is 3. The third-order valence-corrected chi connectivity index (χ3v) is 2.52. The van der Waals surface area contributed by atoms with Crippen molar-refractivity contribution in [3.63, 3.8) is 0 Å². The van der Waals surface area contributed by atoms with Crippen LogP contribution in [0.5, 0.6) is 0 Å². The molecule has 94 valence electrons. The molecular formula is C13H20N2O2. The molecule has 0 spiro atoms. The van der Waals surface area contributed by atoms with E-state index in [0.717, 1.165) is 25.0 Å². The number of amides is 1. The molecule has 4 nitrogen and oxygen atoms in total. The third-order valence-electron chi connectivity index (χ3n) is 2.52. The second-order valence-electron chi connectivity index (χ2n) is 3.88. The largest absolute Gasteiger partial charge is 0.385 e. The van der Waals surface area contributed by atoms with Crippen molar-refractivity contribution >= 4 is 5.91 Å². The average molecular weight is 236 g/mol. The summed E-state index contributed by atoms with van der Waals surface area (Å²) in [5, 5.41) is 2.82. The van der Waals surface area contributed by atoms with Gasteiger partial charge in [0.2, 0.25) is 5.91 Å². The van der Waals surface area contributed by atoms with E-state index >= 15 is 0 Å². The summed E-state index contributed by atoms with van der Waals surface area (Å²) in [5.41, 5.74) is 6.68. The molecule has 1 atom stereocenters. The first-order chi connectivity index (χ1) is 8.25. The van der Waals surface area contributed by atoms with Gasteiger partial charge in [-0.2, -0.15) is 0 Å². The molecule has 0 saturated carbocycles. The van der Waals surface area contributed by atoms with Gasteiger partial charge in [0, 0.05) is 20.3 Å². The summed E-state index contributed by atoms with van der Waals surface area (Å²) in [6, 6.07) is 8.78. The van der Waals surface area contributed by atoms with Gasteiger partial charge < -0.3 is 15.8 Å². The first-order valence-electron chi connectivity index (χ1n) is 5.83. The maximum atomic E-state index is 11.7. The van der Waals surface area contributed by atoms with Crippen LogP contribution in [0.2, 0.25) is 0 Å². The fourth-order valence-corrected chi connectivity index (χ4v) is 1.50. The average Bonchev–Trinajstić information content (AvgIpc) is 2.38. The Balaban J connectivity index is 2.28. The summed E-state index contributed by atoms with van der Waals surface area (Å²) in [4.78, 5) is 11.7. The Kier molecular flexibility index (Phi) is 6.29. The van der Waals surface area contributed by atoms with Gasteiger partial charge in [-0.05, 0) is 18.4 Å². The summed E-state index contributed by atoms with van der Waals surface area (Å²) in [6.45, 7) is 1.36. The zero-order valence-corrected chi connectivity index (χ0v) is 10.2. The number of ether oxygens (including phenoxy) is 1. The van der Waals surface area contributed by atoms with Crippen LogP contribution in [0.1, 0.15) is 24.4 Å². The van der Waals surface area contributed by atoms with Gasteiger partial charge in [0.15, 0.2) is 0 Å². The number of carbonyl (C=O) groups excluding carboxylic acids is 1. The molecule has 1 amide bonds. The minimum absolute atomic E-state index is 0.131. The Morgan fingerprint density at radius 2 is 2.06 bits per heavy atom. The predicted molar refractivity (Wildman–Crippen MR) is 67.5 cm³/mol. The van der Waals surface area contributed by atoms with Gasteiger partial charge in [0.25, 0.3) is 0 Å². The van der Waals surface area contributed by atoms with Crippen LogP contribution in [-0.2, 0) is 9.53 Å². The van der Waals surface area contributed by atoms with E-state index in [9.17, 15) is 4.79 Å². The molecular weight excluding hydrogens is 216 g/mol. The molecule has 0 heterocycles. The summed E-state index contributed by atoms with van der Waals surface area (Å²) in [6.07, 6.45) is 1.85. The standard InChI is InChI=1S/C13H20N2O2/c1-17-10-6-5-9-15-13(16)12(14)11-7-3-2-4-8-11/h2-4,7-8,12H,5-6,9-10,14H2,1H3,(H,15,16)/t12-/m0/s1. The van der Waals surface area contributed by atoms with Crippen molar-refractivity contribution in [1.82, 2.24) is 5.32 Å². The lowest BCUT2D eigenvalue weighted by Gasteiger charge is -2.12. The Morgan fingerprint density at radius 1 is 1.35 bits per heavy atom. The van der Waals surface area contributed by atoms with Crippen LogP contribution < -0.4 is 11.1 Å². The fourth-order valence-electron chi connectivity index (χ4n) is 1.50. The van der Waals surface area contributed by atoms with Crippen molar-refractivity contribution in [1.29, 1.82) is 0 Å². The van der Waals surface area contributed by atoms with Crippen molar-refractivity contribution in [2.24, 2.45) is 5.73 Å². The second kappa shape index (κ2) is 7.81. The number of benzene rings is 1. The molecule has 0 aliphatic carbocycles. The fraction of sp³-hybridized carbons (Fsp3) is 0.462. The number of rotatable bonds is 7. The van der Waals surface area contributed by atoms with E-state index in [1.807, 2.05) is 30.3 Å². The Labute approximate surface area is 102 Å². The van der Waals surface area contributed by atoms with Gasteiger partial charge in [-0.25, -0.2) is 0 Å². The number of unbranched alkanes of at least 4 members (excludes halogenated alkanes) is 1. The third kappa shape index (κ3) is 4.97. The van der Waals surface area contributed by atoms with Gasteiger partial charge in [0.1, 0.15) is 6.04 Å². The number of methoxy groups -OCH3 is 1. The van der Waals surface area contributed by atoms with E-state index in [-0.39, 0.29) is 5.91 Å². The maximum Gasteiger partial charge on any atom is 0.241 e. The molecule has 1 aromatic rings. The first-order valence-corrected chi connectivity index (χ1v) is 5.83. The Morgan fingerprint density at radius 3 is 2.71 bits per heavy atom. The van der Waals surface area contributed by atoms with Gasteiger partial charge in [0.05, 0.1) is 0 Å². The molecule has 0 bridgehead atoms. The highest BCUT2D eigenvalue weighted by atomic mass is 16.5. The highest BCUT2D eigenvalue weighted by Crippen LogP contribution is 2.08. The van der Waals surface area contributed by atoms with E-state index in [1.165, 1.54) is 0 Å². The topological polar surface area (TPSA) is 64.3 Å². The molecule has 1 rings (SSSR count). The smallest absolute Gasteiger partial charge is 0.241 e. The zero-order chi connectivity index (χ0) is 12.5. The minimum Gasteiger partial charge on any atom is -0.385 e.